The SMILES string of the molecule is C=c1s/c(=C\c2ccc(C(C)C)cc2)c(=O)n1CN1CCCCC1. The molecule has 2 heterocycles. The number of benzene rings is 1. The molecule has 2 aromatic rings. The van der Waals surface area contributed by atoms with Crippen LogP contribution in [0.25, 0.3) is 12.7 Å². The molecule has 0 unspecified atom stereocenters. The Labute approximate surface area is 147 Å². The number of thiazole rings is 1. The molecule has 0 atom stereocenters. The molecule has 4 heteroatoms. The molecule has 1 aromatic heterocycles. The first-order valence-corrected chi connectivity index (χ1v) is 9.59. The molecule has 128 valence electrons. The molecule has 1 saturated heterocycles. The summed E-state index contributed by atoms with van der Waals surface area (Å²) in [6.45, 7) is 11.3. The smallest absolute Gasteiger partial charge is 0.270 e. The van der Waals surface area contributed by atoms with Gasteiger partial charge in [-0.15, -0.1) is 11.3 Å². The fraction of sp³-hybridized carbons (Fsp3) is 0.450. The van der Waals surface area contributed by atoms with Crippen molar-refractivity contribution < 1.29 is 0 Å². The van der Waals surface area contributed by atoms with Crippen molar-refractivity contribution in [1.29, 1.82) is 0 Å². The van der Waals surface area contributed by atoms with Crippen LogP contribution in [0, 0.1) is 0 Å². The fourth-order valence-corrected chi connectivity index (χ4v) is 4.03. The van der Waals surface area contributed by atoms with E-state index in [0.717, 1.165) is 27.8 Å². The van der Waals surface area contributed by atoms with Gasteiger partial charge in [-0.1, -0.05) is 51.1 Å². The van der Waals surface area contributed by atoms with E-state index in [4.69, 9.17) is 0 Å². The molecule has 1 aliphatic heterocycles. The second-order valence-electron chi connectivity index (χ2n) is 6.88. The normalized spacial score (nSPS) is 16.9. The van der Waals surface area contributed by atoms with Gasteiger partial charge in [-0.25, -0.2) is 0 Å². The number of rotatable bonds is 4. The molecule has 0 N–H and O–H groups in total. The van der Waals surface area contributed by atoms with Crippen LogP contribution < -0.4 is 14.8 Å². The highest BCUT2D eigenvalue weighted by atomic mass is 32.1. The number of hydrogen-bond donors (Lipinski definition) is 0. The first kappa shape index (κ1) is 17.2. The molecular weight excluding hydrogens is 316 g/mol. The van der Waals surface area contributed by atoms with Crippen LogP contribution in [0.2, 0.25) is 0 Å². The van der Waals surface area contributed by atoms with E-state index in [0.29, 0.717) is 12.6 Å². The van der Waals surface area contributed by atoms with Crippen LogP contribution in [0.4, 0.5) is 0 Å². The lowest BCUT2D eigenvalue weighted by molar-refractivity contribution is 0.179. The van der Waals surface area contributed by atoms with Gasteiger partial charge in [0.15, 0.2) is 0 Å². The average molecular weight is 343 g/mol. The summed E-state index contributed by atoms with van der Waals surface area (Å²) in [6.07, 6.45) is 5.75. The van der Waals surface area contributed by atoms with E-state index >= 15 is 0 Å². The zero-order chi connectivity index (χ0) is 17.1. The van der Waals surface area contributed by atoms with Crippen molar-refractivity contribution >= 4 is 24.0 Å². The summed E-state index contributed by atoms with van der Waals surface area (Å²) >= 11 is 1.49. The highest BCUT2D eigenvalue weighted by Gasteiger charge is 2.12. The van der Waals surface area contributed by atoms with Crippen LogP contribution in [0.5, 0.6) is 0 Å². The second kappa shape index (κ2) is 7.49. The summed E-state index contributed by atoms with van der Waals surface area (Å²) < 4.78 is 3.44. The first-order chi connectivity index (χ1) is 11.5. The summed E-state index contributed by atoms with van der Waals surface area (Å²) in [4.78, 5) is 15.1. The van der Waals surface area contributed by atoms with Gasteiger partial charge in [0.05, 0.1) is 15.9 Å². The highest BCUT2D eigenvalue weighted by Crippen LogP contribution is 2.14. The van der Waals surface area contributed by atoms with Crippen molar-refractivity contribution in [2.75, 3.05) is 13.1 Å². The molecule has 1 fully saturated rings. The zero-order valence-corrected chi connectivity index (χ0v) is 15.4. The Kier molecular flexibility index (Phi) is 5.36. The second-order valence-corrected chi connectivity index (χ2v) is 7.99. The van der Waals surface area contributed by atoms with E-state index in [9.17, 15) is 4.79 Å². The molecule has 3 nitrogen and oxygen atoms in total. The third kappa shape index (κ3) is 3.87. The van der Waals surface area contributed by atoms with E-state index in [-0.39, 0.29) is 5.56 Å². The largest absolute Gasteiger partial charge is 0.286 e. The van der Waals surface area contributed by atoms with Crippen molar-refractivity contribution in [1.82, 2.24) is 9.47 Å². The van der Waals surface area contributed by atoms with Crippen molar-refractivity contribution in [2.45, 2.75) is 45.7 Å². The minimum Gasteiger partial charge on any atom is -0.286 e. The van der Waals surface area contributed by atoms with Gasteiger partial charge in [0.1, 0.15) is 0 Å². The lowest BCUT2D eigenvalue weighted by Gasteiger charge is -2.26. The van der Waals surface area contributed by atoms with E-state index in [1.165, 1.54) is 36.2 Å². The van der Waals surface area contributed by atoms with E-state index in [2.05, 4.69) is 49.6 Å². The number of piperidine rings is 1. The molecule has 3 rings (SSSR count). The Bertz CT molecular complexity index is 839. The minimum absolute atomic E-state index is 0.0866. The number of likely N-dealkylation sites (tertiary alicyclic amines) is 1. The van der Waals surface area contributed by atoms with Gasteiger partial charge < -0.3 is 0 Å². The lowest BCUT2D eigenvalue weighted by atomic mass is 10.0. The van der Waals surface area contributed by atoms with Crippen LogP contribution in [-0.4, -0.2) is 22.6 Å². The predicted octanol–water partition coefficient (Wildman–Crippen LogP) is 2.72. The molecule has 0 radical (unpaired) electrons. The first-order valence-electron chi connectivity index (χ1n) is 8.77. The zero-order valence-electron chi connectivity index (χ0n) is 14.6. The maximum absolute atomic E-state index is 12.7. The Morgan fingerprint density at radius 3 is 2.46 bits per heavy atom. The summed E-state index contributed by atoms with van der Waals surface area (Å²) in [5, 5.41) is 0. The number of hydrogen-bond acceptors (Lipinski definition) is 3. The Hall–Kier alpha value is -1.65. The lowest BCUT2D eigenvalue weighted by Crippen LogP contribution is -2.40. The van der Waals surface area contributed by atoms with Crippen LogP contribution >= 0.6 is 11.3 Å². The van der Waals surface area contributed by atoms with Crippen molar-refractivity contribution in [3.8, 4) is 0 Å². The maximum Gasteiger partial charge on any atom is 0.270 e. The van der Waals surface area contributed by atoms with Crippen LogP contribution in [-0.2, 0) is 6.67 Å². The van der Waals surface area contributed by atoms with E-state index in [1.807, 2.05) is 10.6 Å². The van der Waals surface area contributed by atoms with Gasteiger partial charge in [-0.3, -0.25) is 14.3 Å². The van der Waals surface area contributed by atoms with E-state index in [1.54, 1.807) is 0 Å². The molecule has 1 aliphatic rings. The maximum atomic E-state index is 12.7. The molecular formula is C20H26N2OS. The van der Waals surface area contributed by atoms with Crippen LogP contribution in [0.3, 0.4) is 0 Å². The molecule has 0 saturated carbocycles. The molecule has 24 heavy (non-hydrogen) atoms. The topological polar surface area (TPSA) is 25.2 Å². The van der Waals surface area contributed by atoms with E-state index < -0.39 is 0 Å². The average Bonchev–Trinajstić information content (AvgIpc) is 2.84. The minimum atomic E-state index is 0.0866. The van der Waals surface area contributed by atoms with Gasteiger partial charge in [0.2, 0.25) is 0 Å². The number of nitrogens with zero attached hydrogens (tertiary/aromatic N) is 2. The molecule has 0 aliphatic carbocycles. The third-order valence-electron chi connectivity index (χ3n) is 4.68. The monoisotopic (exact) mass is 342 g/mol. The Balaban J connectivity index is 1.87. The van der Waals surface area contributed by atoms with Gasteiger partial charge in [0, 0.05) is 0 Å². The quantitative estimate of drug-likeness (QED) is 0.854. The standard InChI is InChI=1S/C20H26N2OS/c1-15(2)18-9-7-17(8-10-18)13-19-20(23)22(16(3)24-19)14-21-11-5-4-6-12-21/h7-10,13,15H,3-6,11-12,14H2,1-2H3/b19-13-. The van der Waals surface area contributed by atoms with Gasteiger partial charge >= 0.3 is 0 Å². The molecule has 0 bridgehead atoms. The summed E-state index contributed by atoms with van der Waals surface area (Å²) in [5.41, 5.74) is 2.48. The molecule has 0 spiro atoms. The summed E-state index contributed by atoms with van der Waals surface area (Å²) in [5.74, 6) is 0.522. The molecule has 0 amide bonds. The van der Waals surface area contributed by atoms with Crippen molar-refractivity contribution in [3.05, 3.63) is 54.9 Å². The molecule has 1 aromatic carbocycles. The third-order valence-corrected chi connectivity index (χ3v) is 5.64. The van der Waals surface area contributed by atoms with Crippen molar-refractivity contribution in [2.24, 2.45) is 0 Å². The fourth-order valence-electron chi connectivity index (χ4n) is 3.14. The van der Waals surface area contributed by atoms with Crippen molar-refractivity contribution in [3.63, 3.8) is 0 Å². The highest BCUT2D eigenvalue weighted by molar-refractivity contribution is 7.07. The van der Waals surface area contributed by atoms with Gasteiger partial charge in [0.25, 0.3) is 5.56 Å². The Morgan fingerprint density at radius 1 is 1.17 bits per heavy atom. The number of aromatic nitrogens is 1. The summed E-state index contributed by atoms with van der Waals surface area (Å²) in [7, 11) is 0. The van der Waals surface area contributed by atoms with Crippen LogP contribution in [0.15, 0.2) is 29.1 Å². The van der Waals surface area contributed by atoms with Gasteiger partial charge in [-0.05, 0) is 49.1 Å². The Morgan fingerprint density at radius 2 is 1.83 bits per heavy atom. The van der Waals surface area contributed by atoms with Crippen LogP contribution in [0.1, 0.15) is 50.2 Å². The summed E-state index contributed by atoms with van der Waals surface area (Å²) in [6, 6.07) is 8.46. The van der Waals surface area contributed by atoms with Gasteiger partial charge in [-0.2, -0.15) is 0 Å². The predicted molar refractivity (Wildman–Crippen MR) is 103 cm³/mol.